The molecule has 1 atom stereocenters. The van der Waals surface area contributed by atoms with Crippen LogP contribution in [0.3, 0.4) is 0 Å². The largest absolute Gasteiger partial charge is 0.338 e. The summed E-state index contributed by atoms with van der Waals surface area (Å²) in [4.78, 5) is 19.0. The summed E-state index contributed by atoms with van der Waals surface area (Å²) >= 11 is 6.85. The van der Waals surface area contributed by atoms with Crippen LogP contribution in [0.1, 0.15) is 41.9 Å². The van der Waals surface area contributed by atoms with Gasteiger partial charge >= 0.3 is 0 Å². The molecule has 128 valence electrons. The van der Waals surface area contributed by atoms with Gasteiger partial charge in [0.05, 0.1) is 10.6 Å². The van der Waals surface area contributed by atoms with E-state index in [1.165, 1.54) is 0 Å². The zero-order valence-electron chi connectivity index (χ0n) is 13.9. The van der Waals surface area contributed by atoms with Crippen molar-refractivity contribution in [2.24, 2.45) is 0 Å². The van der Waals surface area contributed by atoms with E-state index in [2.05, 4.69) is 22.1 Å². The molecule has 1 unspecified atom stereocenters. The maximum Gasteiger partial charge on any atom is 0.255 e. The molecule has 24 heavy (non-hydrogen) atoms. The number of hydrogen-bond acceptors (Lipinski definition) is 5. The van der Waals surface area contributed by atoms with E-state index in [1.54, 1.807) is 18.0 Å². The number of carbonyl (C=O) groups excluding carboxylic acids is 1. The average molecular weight is 364 g/mol. The zero-order valence-corrected chi connectivity index (χ0v) is 15.5. The van der Waals surface area contributed by atoms with Crippen LogP contribution in [0.15, 0.2) is 23.4 Å². The summed E-state index contributed by atoms with van der Waals surface area (Å²) in [5, 5.41) is 8.18. The topological polar surface area (TPSA) is 66.8 Å². The molecular weight excluding hydrogens is 342 g/mol. The number of amides is 1. The minimum atomic E-state index is 0.0389. The van der Waals surface area contributed by atoms with Gasteiger partial charge in [0.1, 0.15) is 5.82 Å². The number of nitrogens with one attached hydrogen (secondary N) is 1. The van der Waals surface area contributed by atoms with Gasteiger partial charge in [-0.25, -0.2) is 4.98 Å². The van der Waals surface area contributed by atoms with Crippen molar-refractivity contribution in [3.8, 4) is 0 Å². The highest BCUT2D eigenvalue weighted by molar-refractivity contribution is 7.98. The molecule has 6 nitrogen and oxygen atoms in total. The minimum absolute atomic E-state index is 0.0389. The smallest absolute Gasteiger partial charge is 0.255 e. The molecule has 1 aliphatic heterocycles. The molecule has 1 N–H and O–H groups in total. The third-order valence-corrected chi connectivity index (χ3v) is 5.34. The number of rotatable bonds is 4. The SMILES string of the molecule is CCn1c(C2CCCN(C(=O)c3ccc(SC)nc3)C2)n[nH]c1=S. The number of likely N-dealkylation sites (tertiary alicyclic amines) is 1. The quantitative estimate of drug-likeness (QED) is 0.668. The molecule has 3 rings (SSSR count). The highest BCUT2D eigenvalue weighted by atomic mass is 32.2. The second-order valence-corrected chi connectivity index (χ2v) is 7.02. The van der Waals surface area contributed by atoms with Crippen LogP contribution in [0.5, 0.6) is 0 Å². The molecule has 2 aromatic heterocycles. The van der Waals surface area contributed by atoms with Crippen molar-refractivity contribution in [3.63, 3.8) is 0 Å². The Morgan fingerprint density at radius 1 is 1.50 bits per heavy atom. The Bertz CT molecular complexity index is 768. The summed E-state index contributed by atoms with van der Waals surface area (Å²) in [6.45, 7) is 4.29. The van der Waals surface area contributed by atoms with E-state index in [0.717, 1.165) is 36.8 Å². The number of pyridine rings is 1. The van der Waals surface area contributed by atoms with E-state index in [1.807, 2.05) is 27.9 Å². The summed E-state index contributed by atoms with van der Waals surface area (Å²) in [7, 11) is 0. The number of aromatic amines is 1. The molecule has 0 saturated carbocycles. The van der Waals surface area contributed by atoms with Crippen LogP contribution in [0.4, 0.5) is 0 Å². The number of piperidine rings is 1. The number of aromatic nitrogens is 4. The van der Waals surface area contributed by atoms with E-state index in [0.29, 0.717) is 16.9 Å². The number of nitrogens with zero attached hydrogens (tertiary/aromatic N) is 4. The highest BCUT2D eigenvalue weighted by Gasteiger charge is 2.28. The maximum absolute atomic E-state index is 12.8. The Morgan fingerprint density at radius 3 is 3.00 bits per heavy atom. The van der Waals surface area contributed by atoms with Crippen LogP contribution < -0.4 is 0 Å². The fourth-order valence-corrected chi connectivity index (χ4v) is 3.76. The van der Waals surface area contributed by atoms with Crippen LogP contribution >= 0.6 is 24.0 Å². The van der Waals surface area contributed by atoms with Gasteiger partial charge in [0.2, 0.25) is 0 Å². The van der Waals surface area contributed by atoms with Crippen molar-refractivity contribution in [2.75, 3.05) is 19.3 Å². The lowest BCUT2D eigenvalue weighted by Crippen LogP contribution is -2.39. The number of H-pyrrole nitrogens is 1. The molecule has 2 aromatic rings. The minimum Gasteiger partial charge on any atom is -0.338 e. The lowest BCUT2D eigenvalue weighted by Gasteiger charge is -2.32. The van der Waals surface area contributed by atoms with Gasteiger partial charge in [-0.15, -0.1) is 11.8 Å². The molecule has 0 radical (unpaired) electrons. The lowest BCUT2D eigenvalue weighted by atomic mass is 9.96. The van der Waals surface area contributed by atoms with Gasteiger partial charge in [0, 0.05) is 31.7 Å². The van der Waals surface area contributed by atoms with Crippen LogP contribution in [0.2, 0.25) is 0 Å². The first-order valence-corrected chi connectivity index (χ1v) is 9.71. The van der Waals surface area contributed by atoms with Crippen LogP contribution in [-0.4, -0.2) is 49.9 Å². The fourth-order valence-electron chi connectivity index (χ4n) is 3.13. The summed E-state index contributed by atoms with van der Waals surface area (Å²) in [6, 6.07) is 3.74. The second-order valence-electron chi connectivity index (χ2n) is 5.81. The van der Waals surface area contributed by atoms with E-state index >= 15 is 0 Å². The molecular formula is C16H21N5OS2. The Kier molecular flexibility index (Phi) is 5.35. The molecule has 1 amide bonds. The molecule has 1 saturated heterocycles. The van der Waals surface area contributed by atoms with Crippen LogP contribution in [-0.2, 0) is 6.54 Å². The Balaban J connectivity index is 1.77. The maximum atomic E-state index is 12.8. The van der Waals surface area contributed by atoms with Gasteiger partial charge in [0.25, 0.3) is 5.91 Å². The van der Waals surface area contributed by atoms with Crippen molar-refractivity contribution in [2.45, 2.75) is 37.3 Å². The van der Waals surface area contributed by atoms with E-state index in [9.17, 15) is 4.79 Å². The summed E-state index contributed by atoms with van der Waals surface area (Å²) in [5.41, 5.74) is 0.641. The zero-order chi connectivity index (χ0) is 17.1. The van der Waals surface area contributed by atoms with Crippen molar-refractivity contribution >= 4 is 29.9 Å². The standard InChI is InChI=1S/C16H21N5OS2/c1-3-21-14(18-19-16(21)23)12-5-4-8-20(10-12)15(22)11-6-7-13(24-2)17-9-11/h6-7,9,12H,3-5,8,10H2,1-2H3,(H,19,23). The van der Waals surface area contributed by atoms with Gasteiger partial charge in [-0.3, -0.25) is 9.89 Å². The molecule has 1 fully saturated rings. The molecule has 3 heterocycles. The normalized spacial score (nSPS) is 17.9. The Hall–Kier alpha value is -1.67. The Morgan fingerprint density at radius 2 is 2.33 bits per heavy atom. The van der Waals surface area contributed by atoms with Gasteiger partial charge in [-0.1, -0.05) is 0 Å². The van der Waals surface area contributed by atoms with Gasteiger partial charge in [0.15, 0.2) is 4.77 Å². The van der Waals surface area contributed by atoms with Gasteiger partial charge in [-0.05, 0) is 50.4 Å². The Labute approximate surface area is 150 Å². The predicted molar refractivity (Wildman–Crippen MR) is 97.0 cm³/mol. The first-order chi connectivity index (χ1) is 11.6. The molecule has 0 bridgehead atoms. The third kappa shape index (κ3) is 3.39. The van der Waals surface area contributed by atoms with E-state index < -0.39 is 0 Å². The van der Waals surface area contributed by atoms with E-state index in [4.69, 9.17) is 12.2 Å². The average Bonchev–Trinajstić information content (AvgIpc) is 3.02. The molecule has 1 aliphatic rings. The summed E-state index contributed by atoms with van der Waals surface area (Å²) in [6.07, 6.45) is 5.63. The number of carbonyl (C=O) groups is 1. The second kappa shape index (κ2) is 7.48. The lowest BCUT2D eigenvalue weighted by molar-refractivity contribution is 0.0702. The van der Waals surface area contributed by atoms with E-state index in [-0.39, 0.29) is 11.8 Å². The first kappa shape index (κ1) is 17.2. The molecule has 0 spiro atoms. The van der Waals surface area contributed by atoms with Crippen molar-refractivity contribution in [3.05, 3.63) is 34.5 Å². The highest BCUT2D eigenvalue weighted by Crippen LogP contribution is 2.27. The monoisotopic (exact) mass is 363 g/mol. The number of thioether (sulfide) groups is 1. The van der Waals surface area contributed by atoms with Crippen molar-refractivity contribution < 1.29 is 4.79 Å². The predicted octanol–water partition coefficient (Wildman–Crippen LogP) is 3.10. The third-order valence-electron chi connectivity index (χ3n) is 4.37. The summed E-state index contributed by atoms with van der Waals surface area (Å²) < 4.78 is 2.66. The van der Waals surface area contributed by atoms with Crippen molar-refractivity contribution in [1.82, 2.24) is 24.6 Å². The number of hydrogen-bond donors (Lipinski definition) is 1. The molecule has 8 heteroatoms. The molecule has 0 aliphatic carbocycles. The van der Waals surface area contributed by atoms with Crippen molar-refractivity contribution in [1.29, 1.82) is 0 Å². The van der Waals surface area contributed by atoms with Gasteiger partial charge < -0.3 is 9.47 Å². The fraction of sp³-hybridized carbons (Fsp3) is 0.500. The first-order valence-electron chi connectivity index (χ1n) is 8.08. The van der Waals surface area contributed by atoms with Crippen LogP contribution in [0.25, 0.3) is 0 Å². The summed E-state index contributed by atoms with van der Waals surface area (Å²) in [5.74, 6) is 1.21. The van der Waals surface area contributed by atoms with Gasteiger partial charge in [-0.2, -0.15) is 5.10 Å². The molecule has 0 aromatic carbocycles. The van der Waals surface area contributed by atoms with Crippen LogP contribution in [0, 0.1) is 4.77 Å².